The van der Waals surface area contributed by atoms with E-state index in [-0.39, 0.29) is 29.4 Å². The molecule has 1 aliphatic carbocycles. The summed E-state index contributed by atoms with van der Waals surface area (Å²) >= 11 is 0. The van der Waals surface area contributed by atoms with Crippen LogP contribution in [0.3, 0.4) is 0 Å². The number of piperidine rings is 1. The fourth-order valence-electron chi connectivity index (χ4n) is 7.32. The summed E-state index contributed by atoms with van der Waals surface area (Å²) < 4.78 is 50.1. The van der Waals surface area contributed by atoms with Crippen molar-refractivity contribution in [3.05, 3.63) is 59.2 Å². The van der Waals surface area contributed by atoms with Crippen LogP contribution in [0.2, 0.25) is 0 Å². The summed E-state index contributed by atoms with van der Waals surface area (Å²) in [5.74, 6) is 2.72. The van der Waals surface area contributed by atoms with E-state index in [0.29, 0.717) is 36.2 Å². The third-order valence-electron chi connectivity index (χ3n) is 11.5. The number of halogens is 4. The highest BCUT2D eigenvalue weighted by molar-refractivity contribution is 5.95. The van der Waals surface area contributed by atoms with Gasteiger partial charge in [0.2, 0.25) is 5.91 Å². The lowest BCUT2D eigenvalue weighted by atomic mass is 9.77. The maximum absolute atomic E-state index is 14.2. The smallest absolute Gasteiger partial charge is 0.379 e. The molecule has 0 aromatic carbocycles. The molecular formula is C56H105F4N7O3. The van der Waals surface area contributed by atoms with Gasteiger partial charge in [-0.3, -0.25) is 14.3 Å². The zero-order valence-electron chi connectivity index (χ0n) is 48.1. The van der Waals surface area contributed by atoms with E-state index in [1.165, 1.54) is 44.1 Å². The van der Waals surface area contributed by atoms with Crippen molar-refractivity contribution < 1.29 is 31.9 Å². The van der Waals surface area contributed by atoms with Gasteiger partial charge in [-0.2, -0.15) is 18.3 Å². The van der Waals surface area contributed by atoms with Crippen LogP contribution in [-0.4, -0.2) is 61.8 Å². The summed E-state index contributed by atoms with van der Waals surface area (Å²) in [6.07, 6.45) is 18.0. The fourth-order valence-corrected chi connectivity index (χ4v) is 7.32. The number of alkyl halides is 4. The standard InChI is InChI=1S/C18H26FN5O.C11H24.C8H15N.C7H14O.C5H9NO.C4H10.C2H6.CHF3/c1-4-24-15(7-10-21-24)17(25)23-16(14-11-20-12(2)22-14)13-5-8-18(3,19)9-6-13;1-6-8-11(4,5)9-10(3)7-2;1-5-6(2)7(3)8(4)9;1-6(2)8-7(3,4)5;7-5-3-1-2-4-6-5;1-3-4-2;1-2;2-1(3)4/h7,10-11,13,16H,4-6,8-9H2,1-3H3,(H,20,22)(H,23,25);10H,6-9H2,1-5H3;9H,5H2,1-4H3;1H2,2-5H3;1-4H2,(H,6,7);3-4H2,1-2H3;1-2H3;1H. The van der Waals surface area contributed by atoms with Gasteiger partial charge in [0.15, 0.2) is 0 Å². The van der Waals surface area contributed by atoms with Crippen LogP contribution < -0.4 is 10.6 Å². The van der Waals surface area contributed by atoms with Gasteiger partial charge >= 0.3 is 6.68 Å². The van der Waals surface area contributed by atoms with Crippen molar-refractivity contribution in [2.24, 2.45) is 17.3 Å². The van der Waals surface area contributed by atoms with Gasteiger partial charge in [-0.15, -0.1) is 0 Å². The summed E-state index contributed by atoms with van der Waals surface area (Å²) in [4.78, 5) is 30.6. The molecule has 2 amide bonds. The molecule has 0 bridgehead atoms. The van der Waals surface area contributed by atoms with E-state index in [0.717, 1.165) is 73.8 Å². The highest BCUT2D eigenvalue weighted by Crippen LogP contribution is 2.40. The number of aromatic nitrogens is 4. The third kappa shape index (κ3) is 39.7. The molecule has 70 heavy (non-hydrogen) atoms. The zero-order valence-corrected chi connectivity index (χ0v) is 48.1. The number of imidazole rings is 1. The van der Waals surface area contributed by atoms with Crippen molar-refractivity contribution in [3.8, 4) is 0 Å². The number of rotatable bonds is 14. The molecule has 14 heteroatoms. The lowest BCUT2D eigenvalue weighted by molar-refractivity contribution is -0.122. The number of nitrogens with zero attached hydrogens (tertiary/aromatic N) is 3. The average molecular weight is 1000 g/mol. The maximum atomic E-state index is 14.2. The van der Waals surface area contributed by atoms with Crippen molar-refractivity contribution in [3.63, 3.8) is 0 Å². The minimum Gasteiger partial charge on any atom is -0.493 e. The molecular weight excluding hydrogens is 895 g/mol. The molecule has 2 aliphatic rings. The van der Waals surface area contributed by atoms with Crippen LogP contribution in [0.5, 0.6) is 0 Å². The predicted octanol–water partition coefficient (Wildman–Crippen LogP) is 17.0. The van der Waals surface area contributed by atoms with Crippen LogP contribution in [0.25, 0.3) is 0 Å². The molecule has 2 aromatic rings. The highest BCUT2D eigenvalue weighted by atomic mass is 19.4. The molecule has 0 radical (unpaired) electrons. The Morgan fingerprint density at radius 1 is 0.986 bits per heavy atom. The van der Waals surface area contributed by atoms with Gasteiger partial charge in [-0.25, -0.2) is 9.37 Å². The number of hydrogen-bond acceptors (Lipinski definition) is 6. The molecule has 2 atom stereocenters. The first-order chi connectivity index (χ1) is 32.5. The molecule has 4 N–H and O–H groups in total. The van der Waals surface area contributed by atoms with Gasteiger partial charge in [-0.05, 0) is 156 Å². The maximum Gasteiger partial charge on any atom is 0.379 e. The first-order valence-corrected chi connectivity index (χ1v) is 26.2. The molecule has 1 saturated heterocycles. The Balaban J connectivity index is -0.000000406. The number of hydrogen-bond donors (Lipinski definition) is 4. The van der Waals surface area contributed by atoms with Crippen LogP contribution in [0.15, 0.2) is 41.9 Å². The van der Waals surface area contributed by atoms with E-state index in [2.05, 4.69) is 94.6 Å². The Morgan fingerprint density at radius 3 is 1.84 bits per heavy atom. The topological polar surface area (TPSA) is 138 Å². The summed E-state index contributed by atoms with van der Waals surface area (Å²) in [7, 11) is 0. The Bertz CT molecular complexity index is 1670. The van der Waals surface area contributed by atoms with Crippen LogP contribution >= 0.6 is 0 Å². The number of unbranched alkanes of at least 4 members (excludes halogenated alkanes) is 1. The van der Waals surface area contributed by atoms with Crippen molar-refractivity contribution in [1.29, 1.82) is 5.41 Å². The molecule has 3 heterocycles. The predicted molar refractivity (Wildman–Crippen MR) is 289 cm³/mol. The van der Waals surface area contributed by atoms with Crippen LogP contribution in [0.1, 0.15) is 249 Å². The van der Waals surface area contributed by atoms with Crippen molar-refractivity contribution in [2.45, 2.75) is 259 Å². The summed E-state index contributed by atoms with van der Waals surface area (Å²) in [5, 5.41) is 17.3. The van der Waals surface area contributed by atoms with Gasteiger partial charge in [0.1, 0.15) is 22.8 Å². The van der Waals surface area contributed by atoms with E-state index in [4.69, 9.17) is 10.1 Å². The molecule has 2 unspecified atom stereocenters. The van der Waals surface area contributed by atoms with Crippen LogP contribution in [0.4, 0.5) is 17.6 Å². The Morgan fingerprint density at radius 2 is 1.53 bits per heavy atom. The van der Waals surface area contributed by atoms with Crippen molar-refractivity contribution >= 4 is 17.5 Å². The number of H-pyrrole nitrogens is 1. The number of carbonyl (C=O) groups is 2. The van der Waals surface area contributed by atoms with Gasteiger partial charge in [0.05, 0.1) is 23.7 Å². The minimum absolute atomic E-state index is 0.0775. The van der Waals surface area contributed by atoms with E-state index in [9.17, 15) is 27.2 Å². The van der Waals surface area contributed by atoms with Crippen molar-refractivity contribution in [2.75, 3.05) is 6.54 Å². The number of carbonyl (C=O) groups excluding carboxylic acids is 2. The molecule has 4 rings (SSSR count). The second kappa shape index (κ2) is 40.6. The summed E-state index contributed by atoms with van der Waals surface area (Å²) in [5.41, 5.74) is 3.95. The average Bonchev–Trinajstić information content (AvgIpc) is 3.95. The molecule has 0 spiro atoms. The number of nitrogens with one attached hydrogen (secondary N) is 4. The summed E-state index contributed by atoms with van der Waals surface area (Å²) in [6, 6.07) is 1.51. The molecule has 1 aliphatic heterocycles. The molecule has 410 valence electrons. The fraction of sp³-hybridized carbons (Fsp3) is 0.768. The number of amides is 2. The Hall–Kier alpha value is -3.97. The second-order valence-electron chi connectivity index (χ2n) is 20.1. The monoisotopic (exact) mass is 1000 g/mol. The minimum atomic E-state index is -3.67. The molecule has 10 nitrogen and oxygen atoms in total. The van der Waals surface area contributed by atoms with Crippen LogP contribution in [-0.2, 0) is 16.1 Å². The number of allylic oxidation sites excluding steroid dienone is 3. The second-order valence-corrected chi connectivity index (χ2v) is 20.1. The molecule has 2 fully saturated rings. The van der Waals surface area contributed by atoms with Gasteiger partial charge in [0.25, 0.3) is 5.91 Å². The first-order valence-electron chi connectivity index (χ1n) is 26.2. The van der Waals surface area contributed by atoms with E-state index in [1.54, 1.807) is 30.1 Å². The number of ether oxygens (including phenoxy) is 1. The quantitative estimate of drug-likeness (QED) is 0.0848. The number of aromatic amines is 1. The van der Waals surface area contributed by atoms with E-state index >= 15 is 0 Å². The SMILES string of the molecule is C=C(C)OC(C)(C)C.CC.CCC(C)=C(C)C(C)=N.CCCC.CCCC(C)(C)CC(C)CC.CCn1nccc1C(=O)NC(c1cnc(C)[nH]1)C1CCC(C)(F)CC1.FC(F)F.O=C1CCCCN1. The molecule has 1 saturated carbocycles. The van der Waals surface area contributed by atoms with E-state index < -0.39 is 12.3 Å². The first kappa shape index (κ1) is 72.6. The van der Waals surface area contributed by atoms with E-state index in [1.807, 2.05) is 69.2 Å². The Labute approximate surface area is 425 Å². The van der Waals surface area contributed by atoms with Crippen molar-refractivity contribution in [1.82, 2.24) is 30.4 Å². The largest absolute Gasteiger partial charge is 0.493 e. The summed E-state index contributed by atoms with van der Waals surface area (Å²) in [6.45, 7) is 42.9. The normalized spacial score (nSPS) is 17.3. The molecule has 2 aromatic heterocycles. The Kier molecular flexibility index (Phi) is 42.1. The lowest BCUT2D eigenvalue weighted by Crippen LogP contribution is -2.38. The number of aryl methyl sites for hydroxylation is 2. The highest BCUT2D eigenvalue weighted by Gasteiger charge is 2.36. The van der Waals surface area contributed by atoms with Gasteiger partial charge < -0.3 is 25.8 Å². The van der Waals surface area contributed by atoms with Gasteiger partial charge in [0, 0.05) is 31.4 Å². The zero-order chi connectivity index (χ0) is 55.3. The lowest BCUT2D eigenvalue weighted by Gasteiger charge is -2.35. The third-order valence-corrected chi connectivity index (χ3v) is 11.5. The van der Waals surface area contributed by atoms with Crippen LogP contribution in [0, 0.1) is 29.6 Å². The van der Waals surface area contributed by atoms with Gasteiger partial charge in [-0.1, -0.05) is 107 Å².